The van der Waals surface area contributed by atoms with Crippen LogP contribution in [0.2, 0.25) is 0 Å². The van der Waals surface area contributed by atoms with Gasteiger partial charge in [-0.3, -0.25) is 4.79 Å². The van der Waals surface area contributed by atoms with Crippen molar-refractivity contribution in [1.82, 2.24) is 15.1 Å². The van der Waals surface area contributed by atoms with Gasteiger partial charge in [0, 0.05) is 25.3 Å². The number of likely N-dealkylation sites (tertiary alicyclic amines) is 1. The first-order valence-electron chi connectivity index (χ1n) is 9.31. The number of hydrogen-bond donors (Lipinski definition) is 0. The van der Waals surface area contributed by atoms with Crippen molar-refractivity contribution in [1.29, 1.82) is 0 Å². The first-order chi connectivity index (χ1) is 13.3. The van der Waals surface area contributed by atoms with Crippen molar-refractivity contribution < 1.29 is 4.79 Å². The highest BCUT2D eigenvalue weighted by Gasteiger charge is 2.21. The lowest BCUT2D eigenvalue weighted by Gasteiger charge is -2.24. The van der Waals surface area contributed by atoms with Gasteiger partial charge in [0.15, 0.2) is 11.5 Å². The summed E-state index contributed by atoms with van der Waals surface area (Å²) in [7, 11) is 0. The van der Waals surface area contributed by atoms with E-state index in [2.05, 4.69) is 27.2 Å². The lowest BCUT2D eigenvalue weighted by molar-refractivity contribution is 0.0786. The molecule has 27 heavy (non-hydrogen) atoms. The predicted molar refractivity (Wildman–Crippen MR) is 106 cm³/mol. The fourth-order valence-corrected chi connectivity index (χ4v) is 3.34. The van der Waals surface area contributed by atoms with Crippen LogP contribution in [0.3, 0.4) is 0 Å². The van der Waals surface area contributed by atoms with Crippen LogP contribution >= 0.6 is 0 Å². The van der Waals surface area contributed by atoms with Crippen LogP contribution in [0, 0.1) is 0 Å². The molecule has 0 radical (unpaired) electrons. The quantitative estimate of drug-likeness (QED) is 0.690. The van der Waals surface area contributed by atoms with Crippen LogP contribution in [0.1, 0.15) is 28.9 Å². The first kappa shape index (κ1) is 17.2. The molecule has 1 aliphatic heterocycles. The lowest BCUT2D eigenvalue weighted by atomic mass is 10.2. The molecule has 2 aromatic carbocycles. The predicted octanol–water partition coefficient (Wildman–Crippen LogP) is 4.05. The van der Waals surface area contributed by atoms with E-state index in [-0.39, 0.29) is 5.91 Å². The van der Waals surface area contributed by atoms with Crippen LogP contribution < -0.4 is 4.90 Å². The minimum absolute atomic E-state index is 0.0270. The summed E-state index contributed by atoms with van der Waals surface area (Å²) in [5, 5.41) is 8.60. The fraction of sp³-hybridized carbons (Fsp3) is 0.227. The number of hydrogen-bond acceptors (Lipinski definition) is 4. The van der Waals surface area contributed by atoms with Crippen LogP contribution in [-0.4, -0.2) is 34.1 Å². The van der Waals surface area contributed by atoms with Crippen molar-refractivity contribution >= 4 is 17.4 Å². The Bertz CT molecular complexity index is 875. The number of carbonyl (C=O) groups is 1. The van der Waals surface area contributed by atoms with Crippen molar-refractivity contribution in [3.8, 4) is 0 Å². The number of anilines is 2. The van der Waals surface area contributed by atoms with Crippen molar-refractivity contribution in [2.75, 3.05) is 18.0 Å². The Morgan fingerprint density at radius 2 is 1.52 bits per heavy atom. The van der Waals surface area contributed by atoms with Gasteiger partial charge < -0.3 is 9.80 Å². The fourth-order valence-electron chi connectivity index (χ4n) is 3.34. The molecule has 2 heterocycles. The minimum atomic E-state index is -0.0270. The lowest BCUT2D eigenvalue weighted by Crippen LogP contribution is -2.29. The summed E-state index contributed by atoms with van der Waals surface area (Å²) < 4.78 is 0. The van der Waals surface area contributed by atoms with Crippen LogP contribution in [0.4, 0.5) is 11.5 Å². The summed E-state index contributed by atoms with van der Waals surface area (Å²) in [4.78, 5) is 16.5. The zero-order valence-corrected chi connectivity index (χ0v) is 15.2. The summed E-state index contributed by atoms with van der Waals surface area (Å²) >= 11 is 0. The smallest absolute Gasteiger partial charge is 0.274 e. The summed E-state index contributed by atoms with van der Waals surface area (Å²) in [6.45, 7) is 2.30. The number of benzene rings is 2. The highest BCUT2D eigenvalue weighted by atomic mass is 16.2. The molecule has 0 N–H and O–H groups in total. The Kier molecular flexibility index (Phi) is 5.10. The second kappa shape index (κ2) is 7.99. The zero-order valence-electron chi connectivity index (χ0n) is 15.2. The molecule has 3 aromatic rings. The molecule has 0 saturated carbocycles. The molecule has 0 aliphatic carbocycles. The standard InChI is InChI=1S/C22H22N4O/c27-22(25-15-7-8-16-25)20-13-14-21(24-23-20)26(19-11-5-2-6-12-19)17-18-9-3-1-4-10-18/h1-6,9-14H,7-8,15-17H2. The topological polar surface area (TPSA) is 49.3 Å². The van der Waals surface area contributed by atoms with E-state index in [1.54, 1.807) is 6.07 Å². The molecule has 5 heteroatoms. The molecule has 0 atom stereocenters. The SMILES string of the molecule is O=C(c1ccc(N(Cc2ccccc2)c2ccccc2)nn1)N1CCCC1. The summed E-state index contributed by atoms with van der Waals surface area (Å²) in [6, 6.07) is 24.0. The second-order valence-electron chi connectivity index (χ2n) is 6.68. The molecule has 1 aliphatic rings. The summed E-state index contributed by atoms with van der Waals surface area (Å²) in [5.41, 5.74) is 2.63. The highest BCUT2D eigenvalue weighted by Crippen LogP contribution is 2.25. The molecule has 0 spiro atoms. The van der Waals surface area contributed by atoms with Gasteiger partial charge in [-0.1, -0.05) is 48.5 Å². The van der Waals surface area contributed by atoms with E-state index in [1.165, 1.54) is 5.56 Å². The number of para-hydroxylation sites is 1. The van der Waals surface area contributed by atoms with Crippen molar-refractivity contribution in [2.24, 2.45) is 0 Å². The van der Waals surface area contributed by atoms with Gasteiger partial charge in [-0.15, -0.1) is 10.2 Å². The average molecular weight is 358 g/mol. The molecule has 1 aromatic heterocycles. The third-order valence-electron chi connectivity index (χ3n) is 4.79. The Morgan fingerprint density at radius 3 is 2.15 bits per heavy atom. The van der Waals surface area contributed by atoms with Crippen molar-refractivity contribution in [3.63, 3.8) is 0 Å². The maximum absolute atomic E-state index is 12.5. The molecule has 1 amide bonds. The number of carbonyl (C=O) groups excluding carboxylic acids is 1. The van der Waals surface area contributed by atoms with E-state index in [4.69, 9.17) is 0 Å². The Balaban J connectivity index is 1.60. The Labute approximate surface area is 159 Å². The van der Waals surface area contributed by atoms with E-state index < -0.39 is 0 Å². The molecule has 5 nitrogen and oxygen atoms in total. The van der Waals surface area contributed by atoms with Crippen LogP contribution in [0.5, 0.6) is 0 Å². The molecule has 1 saturated heterocycles. The number of rotatable bonds is 5. The molecule has 1 fully saturated rings. The molecule has 136 valence electrons. The number of aromatic nitrogens is 2. The van der Waals surface area contributed by atoms with Crippen LogP contribution in [0.25, 0.3) is 0 Å². The van der Waals surface area contributed by atoms with Gasteiger partial charge in [0.25, 0.3) is 5.91 Å². The zero-order chi connectivity index (χ0) is 18.5. The van der Waals surface area contributed by atoms with Crippen LogP contribution in [0.15, 0.2) is 72.8 Å². The van der Waals surface area contributed by atoms with Gasteiger partial charge >= 0.3 is 0 Å². The molecule has 4 rings (SSSR count). The molecule has 0 unspecified atom stereocenters. The second-order valence-corrected chi connectivity index (χ2v) is 6.68. The first-order valence-corrected chi connectivity index (χ1v) is 9.31. The van der Waals surface area contributed by atoms with Crippen molar-refractivity contribution in [2.45, 2.75) is 19.4 Å². The number of nitrogens with zero attached hydrogens (tertiary/aromatic N) is 4. The number of amides is 1. The van der Waals surface area contributed by atoms with E-state index in [0.29, 0.717) is 12.2 Å². The van der Waals surface area contributed by atoms with Gasteiger partial charge in [0.2, 0.25) is 0 Å². The summed E-state index contributed by atoms with van der Waals surface area (Å²) in [6.07, 6.45) is 2.13. The monoisotopic (exact) mass is 358 g/mol. The largest absolute Gasteiger partial charge is 0.337 e. The maximum Gasteiger partial charge on any atom is 0.274 e. The van der Waals surface area contributed by atoms with Crippen LogP contribution in [-0.2, 0) is 6.54 Å². The van der Waals surface area contributed by atoms with Crippen molar-refractivity contribution in [3.05, 3.63) is 84.1 Å². The highest BCUT2D eigenvalue weighted by molar-refractivity contribution is 5.92. The van der Waals surface area contributed by atoms with Gasteiger partial charge in [0.05, 0.1) is 0 Å². The Hall–Kier alpha value is -3.21. The molecular weight excluding hydrogens is 336 g/mol. The summed E-state index contributed by atoms with van der Waals surface area (Å²) in [5.74, 6) is 0.698. The van der Waals surface area contributed by atoms with E-state index >= 15 is 0 Å². The molecule has 0 bridgehead atoms. The van der Waals surface area contributed by atoms with E-state index in [9.17, 15) is 4.79 Å². The third-order valence-corrected chi connectivity index (χ3v) is 4.79. The van der Waals surface area contributed by atoms with E-state index in [1.807, 2.05) is 59.5 Å². The third kappa shape index (κ3) is 3.97. The Morgan fingerprint density at radius 1 is 0.852 bits per heavy atom. The molecular formula is C22H22N4O. The van der Waals surface area contributed by atoms with Gasteiger partial charge in [-0.25, -0.2) is 0 Å². The van der Waals surface area contributed by atoms with Gasteiger partial charge in [-0.2, -0.15) is 0 Å². The van der Waals surface area contributed by atoms with E-state index in [0.717, 1.165) is 37.4 Å². The average Bonchev–Trinajstić information content (AvgIpc) is 3.28. The maximum atomic E-state index is 12.5. The van der Waals surface area contributed by atoms with Gasteiger partial charge in [0.1, 0.15) is 0 Å². The minimum Gasteiger partial charge on any atom is -0.337 e. The van der Waals surface area contributed by atoms with Gasteiger partial charge in [-0.05, 0) is 42.7 Å². The normalized spacial score (nSPS) is 13.6.